The number of nitrogens with two attached hydrogens (primary N) is 1. The molecule has 31 heavy (non-hydrogen) atoms. The van der Waals surface area contributed by atoms with Crippen LogP contribution < -0.4 is 15.8 Å². The van der Waals surface area contributed by atoms with E-state index in [0.717, 1.165) is 5.56 Å². The number of anilines is 1. The molecule has 0 spiro atoms. The maximum Gasteiger partial charge on any atom is 0.256 e. The fraction of sp³-hybridized carbons (Fsp3) is 0. The summed E-state index contributed by atoms with van der Waals surface area (Å²) in [7, 11) is 0. The minimum atomic E-state index is -0.550. The highest BCUT2D eigenvalue weighted by Gasteiger charge is 2.17. The molecule has 0 unspecified atom stereocenters. The highest BCUT2D eigenvalue weighted by atomic mass is 16.5. The summed E-state index contributed by atoms with van der Waals surface area (Å²) in [5, 5.41) is 2.93. The third kappa shape index (κ3) is 4.62. The average molecular weight is 408 g/mol. The Labute approximate surface area is 180 Å². The van der Waals surface area contributed by atoms with Crippen LogP contribution in [-0.4, -0.2) is 11.8 Å². The molecular weight excluding hydrogens is 388 g/mol. The monoisotopic (exact) mass is 408 g/mol. The quantitative estimate of drug-likeness (QED) is 0.442. The average Bonchev–Trinajstić information content (AvgIpc) is 2.81. The summed E-state index contributed by atoms with van der Waals surface area (Å²) in [5.41, 5.74) is 8.17. The van der Waals surface area contributed by atoms with Crippen molar-refractivity contribution in [2.45, 2.75) is 0 Å². The van der Waals surface area contributed by atoms with Gasteiger partial charge in [0.05, 0.1) is 5.69 Å². The zero-order valence-electron chi connectivity index (χ0n) is 16.6. The Morgan fingerprint density at radius 3 is 2.10 bits per heavy atom. The number of hydrogen-bond donors (Lipinski definition) is 2. The first-order valence-electron chi connectivity index (χ1n) is 9.74. The Morgan fingerprint density at radius 1 is 0.742 bits per heavy atom. The van der Waals surface area contributed by atoms with E-state index in [1.165, 1.54) is 0 Å². The van der Waals surface area contributed by atoms with Crippen molar-refractivity contribution in [3.8, 4) is 22.6 Å². The van der Waals surface area contributed by atoms with Crippen LogP contribution in [0.15, 0.2) is 103 Å². The van der Waals surface area contributed by atoms with Crippen molar-refractivity contribution in [3.63, 3.8) is 0 Å². The van der Waals surface area contributed by atoms with Gasteiger partial charge >= 0.3 is 0 Å². The summed E-state index contributed by atoms with van der Waals surface area (Å²) in [6.07, 6.45) is 0. The predicted molar refractivity (Wildman–Crippen MR) is 121 cm³/mol. The second-order valence-electron chi connectivity index (χ2n) is 6.86. The molecule has 2 amide bonds. The number of benzene rings is 4. The number of primary amides is 1. The smallest absolute Gasteiger partial charge is 0.256 e. The fourth-order valence-electron chi connectivity index (χ4n) is 3.22. The van der Waals surface area contributed by atoms with E-state index in [2.05, 4.69) is 5.32 Å². The molecule has 5 heteroatoms. The van der Waals surface area contributed by atoms with Gasteiger partial charge in [0.2, 0.25) is 5.91 Å². The largest absolute Gasteiger partial charge is 0.455 e. The van der Waals surface area contributed by atoms with Crippen LogP contribution in [0.1, 0.15) is 20.7 Å². The van der Waals surface area contributed by atoms with E-state index in [0.29, 0.717) is 33.9 Å². The van der Waals surface area contributed by atoms with E-state index in [1.807, 2.05) is 72.8 Å². The lowest BCUT2D eigenvalue weighted by molar-refractivity contribution is 0.0995. The van der Waals surface area contributed by atoms with E-state index < -0.39 is 5.91 Å². The number of rotatable bonds is 6. The molecule has 0 saturated heterocycles. The minimum Gasteiger partial charge on any atom is -0.455 e. The maximum absolute atomic E-state index is 13.2. The Kier molecular flexibility index (Phi) is 5.76. The molecule has 0 aromatic heterocycles. The van der Waals surface area contributed by atoms with Gasteiger partial charge in [-0.05, 0) is 53.6 Å². The number of para-hydroxylation sites is 3. The van der Waals surface area contributed by atoms with Crippen molar-refractivity contribution in [2.24, 2.45) is 5.73 Å². The Balaban J connectivity index is 1.68. The highest BCUT2D eigenvalue weighted by Crippen LogP contribution is 2.31. The molecule has 4 rings (SSSR count). The van der Waals surface area contributed by atoms with Crippen molar-refractivity contribution in [1.82, 2.24) is 0 Å². The predicted octanol–water partition coefficient (Wildman–Crippen LogP) is 5.50. The lowest BCUT2D eigenvalue weighted by Gasteiger charge is -2.14. The molecule has 152 valence electrons. The van der Waals surface area contributed by atoms with E-state index in [-0.39, 0.29) is 5.91 Å². The zero-order chi connectivity index (χ0) is 21.6. The molecule has 0 aliphatic carbocycles. The van der Waals surface area contributed by atoms with Crippen molar-refractivity contribution in [2.75, 3.05) is 5.32 Å². The summed E-state index contributed by atoms with van der Waals surface area (Å²) in [4.78, 5) is 24.9. The summed E-state index contributed by atoms with van der Waals surface area (Å²) >= 11 is 0. The third-order valence-electron chi connectivity index (χ3n) is 4.74. The van der Waals surface area contributed by atoms with Gasteiger partial charge in [-0.15, -0.1) is 0 Å². The molecule has 0 radical (unpaired) electrons. The number of hydrogen-bond acceptors (Lipinski definition) is 3. The van der Waals surface area contributed by atoms with Crippen LogP contribution in [0.25, 0.3) is 11.1 Å². The summed E-state index contributed by atoms with van der Waals surface area (Å²) in [6, 6.07) is 30.8. The molecule has 0 atom stereocenters. The second kappa shape index (κ2) is 8.97. The standard InChI is InChI=1S/C26H20N2O3/c27-25(29)19-15-16-21(22(17-19)18-9-3-1-4-10-18)26(30)28-23-13-7-8-14-24(23)31-20-11-5-2-6-12-20/h1-17H,(H2,27,29)(H,28,30). The second-order valence-corrected chi connectivity index (χ2v) is 6.86. The number of ether oxygens (including phenoxy) is 1. The SMILES string of the molecule is NC(=O)c1ccc(C(=O)Nc2ccccc2Oc2ccccc2)c(-c2ccccc2)c1. The lowest BCUT2D eigenvalue weighted by atomic mass is 9.96. The first-order chi connectivity index (χ1) is 15.1. The first kappa shape index (κ1) is 19.9. The van der Waals surface area contributed by atoms with Gasteiger partial charge in [0, 0.05) is 11.1 Å². The maximum atomic E-state index is 13.2. The van der Waals surface area contributed by atoms with Gasteiger partial charge in [-0.25, -0.2) is 0 Å². The van der Waals surface area contributed by atoms with Crippen LogP contribution in [0.2, 0.25) is 0 Å². The van der Waals surface area contributed by atoms with Crippen LogP contribution in [0, 0.1) is 0 Å². The van der Waals surface area contributed by atoms with Gasteiger partial charge in [-0.1, -0.05) is 60.7 Å². The number of carbonyl (C=O) groups is 2. The first-order valence-corrected chi connectivity index (χ1v) is 9.74. The molecular formula is C26H20N2O3. The fourth-order valence-corrected chi connectivity index (χ4v) is 3.22. The Bertz CT molecular complexity index is 1220. The molecule has 0 saturated carbocycles. The van der Waals surface area contributed by atoms with E-state index in [1.54, 1.807) is 30.3 Å². The van der Waals surface area contributed by atoms with Gasteiger partial charge < -0.3 is 15.8 Å². The molecule has 4 aromatic rings. The summed E-state index contributed by atoms with van der Waals surface area (Å²) in [5.74, 6) is 0.321. The van der Waals surface area contributed by atoms with E-state index in [4.69, 9.17) is 10.5 Å². The van der Waals surface area contributed by atoms with Crippen LogP contribution in [-0.2, 0) is 0 Å². The van der Waals surface area contributed by atoms with E-state index in [9.17, 15) is 9.59 Å². The molecule has 0 bridgehead atoms. The normalized spacial score (nSPS) is 10.3. The van der Waals surface area contributed by atoms with Gasteiger partial charge in [-0.3, -0.25) is 9.59 Å². The van der Waals surface area contributed by atoms with Crippen molar-refractivity contribution in [3.05, 3.63) is 114 Å². The highest BCUT2D eigenvalue weighted by molar-refractivity contribution is 6.10. The van der Waals surface area contributed by atoms with Gasteiger partial charge in [0.1, 0.15) is 5.75 Å². The molecule has 0 fully saturated rings. The Hall–Kier alpha value is -4.38. The number of amides is 2. The van der Waals surface area contributed by atoms with Crippen molar-refractivity contribution in [1.29, 1.82) is 0 Å². The molecule has 0 heterocycles. The number of carbonyl (C=O) groups excluding carboxylic acids is 2. The molecule has 4 aromatic carbocycles. The lowest BCUT2D eigenvalue weighted by Crippen LogP contribution is -2.16. The molecule has 0 aliphatic heterocycles. The summed E-state index contributed by atoms with van der Waals surface area (Å²) < 4.78 is 5.94. The van der Waals surface area contributed by atoms with Crippen molar-refractivity contribution < 1.29 is 14.3 Å². The minimum absolute atomic E-state index is 0.320. The van der Waals surface area contributed by atoms with Crippen LogP contribution in [0.5, 0.6) is 11.5 Å². The van der Waals surface area contributed by atoms with Crippen molar-refractivity contribution >= 4 is 17.5 Å². The molecule has 5 nitrogen and oxygen atoms in total. The molecule has 3 N–H and O–H groups in total. The van der Waals surface area contributed by atoms with Gasteiger partial charge in [0.15, 0.2) is 5.75 Å². The van der Waals surface area contributed by atoms with Gasteiger partial charge in [-0.2, -0.15) is 0 Å². The van der Waals surface area contributed by atoms with Crippen LogP contribution in [0.4, 0.5) is 5.69 Å². The Morgan fingerprint density at radius 2 is 1.39 bits per heavy atom. The topological polar surface area (TPSA) is 81.4 Å². The van der Waals surface area contributed by atoms with Gasteiger partial charge in [0.25, 0.3) is 5.91 Å². The third-order valence-corrected chi connectivity index (χ3v) is 4.74. The van der Waals surface area contributed by atoms with E-state index >= 15 is 0 Å². The molecule has 0 aliphatic rings. The zero-order valence-corrected chi connectivity index (χ0v) is 16.6. The number of nitrogens with one attached hydrogen (secondary N) is 1. The van der Waals surface area contributed by atoms with Crippen LogP contribution in [0.3, 0.4) is 0 Å². The van der Waals surface area contributed by atoms with Crippen LogP contribution >= 0.6 is 0 Å². The summed E-state index contributed by atoms with van der Waals surface area (Å²) in [6.45, 7) is 0.